The first-order chi connectivity index (χ1) is 45.3. The predicted octanol–water partition coefficient (Wildman–Crippen LogP) is 21.3. The maximum atomic E-state index is 2.68. The third kappa shape index (κ3) is 2.34. The predicted molar refractivity (Wildman–Crippen MR) is 372 cm³/mol. The molecule has 0 saturated carbocycles. The van der Waals surface area contributed by atoms with Gasteiger partial charge >= 0.3 is 0 Å². The molecule has 0 unspecified atom stereocenters. The molecule has 392 valence electrons. The van der Waals surface area contributed by atoms with Crippen molar-refractivity contribution in [3.8, 4) is 0 Å². The molecule has 0 bridgehead atoms. The molecule has 91 heavy (non-hydrogen) atoms. The first-order valence-corrected chi connectivity index (χ1v) is 33.9. The molecule has 0 nitrogen and oxygen atoms in total. The molecule has 0 spiro atoms. The van der Waals surface area contributed by atoms with Gasteiger partial charge in [0, 0.05) is 11.3 Å². The molecule has 6 atom stereocenters. The lowest BCUT2D eigenvalue weighted by molar-refractivity contribution is 0.350. The summed E-state index contributed by atoms with van der Waals surface area (Å²) in [6, 6.07) is 62.5. The van der Waals surface area contributed by atoms with Gasteiger partial charge in [0.15, 0.2) is 0 Å². The maximum Gasteiger partial charge on any atom is 0.0724 e. The minimum Gasteiger partial charge on any atom is -0.0622 e. The molecule has 0 aliphatic heterocycles. The fraction of sp³-hybridized carbons (Fsp3) is 0.0769. The summed E-state index contributed by atoms with van der Waals surface area (Å²) in [5.41, 5.74) is 28.5. The minimum absolute atomic E-state index is 0.000546. The molecular weight excluding hydrogens is 1090 g/mol. The molecule has 0 heterocycles. The summed E-state index contributed by atoms with van der Waals surface area (Å²) < 4.78 is 0. The van der Waals surface area contributed by atoms with Gasteiger partial charge in [0.25, 0.3) is 0 Å². The molecular formula is C91H28. The molecule has 11 aliphatic rings. The molecule has 0 N–H and O–H groups in total. The molecule has 37 rings (SSSR count). The van der Waals surface area contributed by atoms with Gasteiger partial charge in [0.1, 0.15) is 0 Å². The van der Waals surface area contributed by atoms with E-state index in [1.54, 1.807) is 293 Å². The molecule has 0 aromatic heterocycles. The normalized spacial score (nSPS) is 26.5. The molecule has 0 amide bonds. The minimum atomic E-state index is -0.617. The zero-order valence-corrected chi connectivity index (χ0v) is 47.7. The van der Waals surface area contributed by atoms with Gasteiger partial charge in [-0.15, -0.1) is 0 Å². The van der Waals surface area contributed by atoms with E-state index in [2.05, 4.69) is 152 Å². The summed E-state index contributed by atoms with van der Waals surface area (Å²) in [4.78, 5) is 0. The van der Waals surface area contributed by atoms with Gasteiger partial charge in [-0.3, -0.25) is 0 Å². The van der Waals surface area contributed by atoms with E-state index in [4.69, 9.17) is 0 Å². The molecule has 26 aromatic rings. The van der Waals surface area contributed by atoms with Crippen molar-refractivity contribution in [2.45, 2.75) is 33.5 Å². The Kier molecular flexibility index (Phi) is 3.95. The second kappa shape index (κ2) is 9.52. The van der Waals surface area contributed by atoms with Crippen LogP contribution in [0.4, 0.5) is 0 Å². The third-order valence-corrected chi connectivity index (χ3v) is 31.0. The third-order valence-electron chi connectivity index (χ3n) is 31.0. The topological polar surface area (TPSA) is 0 Å². The highest BCUT2D eigenvalue weighted by Gasteiger charge is 2.82. The highest BCUT2D eigenvalue weighted by atomic mass is 14.8. The van der Waals surface area contributed by atoms with Crippen molar-refractivity contribution in [1.29, 1.82) is 0 Å². The Morgan fingerprint density at radius 1 is 0.198 bits per heavy atom. The van der Waals surface area contributed by atoms with Crippen molar-refractivity contribution in [1.82, 2.24) is 0 Å². The molecule has 11 aliphatic carbocycles. The molecule has 0 saturated heterocycles. The summed E-state index contributed by atoms with van der Waals surface area (Å²) in [6.45, 7) is 0. The van der Waals surface area contributed by atoms with Crippen molar-refractivity contribution < 1.29 is 0 Å². The Labute approximate surface area is 509 Å². The van der Waals surface area contributed by atoms with E-state index in [0.29, 0.717) is 0 Å². The average molecular weight is 1120 g/mol. The highest BCUT2D eigenvalue weighted by molar-refractivity contribution is 6.77. The zero-order valence-electron chi connectivity index (χ0n) is 47.7. The lowest BCUT2D eigenvalue weighted by Crippen LogP contribution is -2.57. The lowest BCUT2D eigenvalue weighted by Gasteiger charge is -2.60. The van der Waals surface area contributed by atoms with E-state index < -0.39 is 27.1 Å². The molecule has 0 fully saturated rings. The van der Waals surface area contributed by atoms with Crippen LogP contribution >= 0.6 is 0 Å². The van der Waals surface area contributed by atoms with Crippen LogP contribution < -0.4 is 0 Å². The van der Waals surface area contributed by atoms with Crippen LogP contribution in [0.25, 0.3) is 215 Å². The van der Waals surface area contributed by atoms with Crippen LogP contribution in [0.5, 0.6) is 0 Å². The number of rotatable bonds is 6. The average Bonchev–Trinajstić information content (AvgIpc) is 1.37. The van der Waals surface area contributed by atoms with E-state index in [-0.39, 0.29) is 5.92 Å². The summed E-state index contributed by atoms with van der Waals surface area (Å²) in [7, 11) is 0. The van der Waals surface area contributed by atoms with Gasteiger partial charge in [-0.25, -0.2) is 0 Å². The van der Waals surface area contributed by atoms with Crippen LogP contribution in [0.2, 0.25) is 0 Å². The van der Waals surface area contributed by atoms with Crippen LogP contribution in [0.1, 0.15) is 83.5 Å². The van der Waals surface area contributed by atoms with Crippen LogP contribution in [-0.2, 0) is 33.5 Å². The smallest absolute Gasteiger partial charge is 0.0622 e. The van der Waals surface area contributed by atoms with Crippen LogP contribution in [0, 0.1) is 5.92 Å². The number of hydrogen-bond acceptors (Lipinski definition) is 0. The monoisotopic (exact) mass is 1120 g/mol. The van der Waals surface area contributed by atoms with E-state index in [0.717, 1.165) is 6.42 Å². The van der Waals surface area contributed by atoms with Crippen molar-refractivity contribution >= 4 is 215 Å². The standard InChI is InChI=1S/C91H28/c1-6-16-27(17-7-1)26-87-72-62-52-42-37-32-33-35-36-34(32)39-46-44(37)54(52)64-66-56(46)58-48(39)50-41(36)51-49-40(35)47-45-38(33)43(42)53-55(45)65-67-57(47)59(49)69-71-61(51)60(50)70-68(58)78-76(66)88(74(64)72,28-18-8-2-9-19-28)83-82(87)84-86-85(83)90(78,30-22-12-4-13-23-30)80(70)81(71)91(86,31-24-14-5-15-25-31)79(69)77(67)89(84,29-20-10-3-11-21-29)75(65)73(87)63(53)62/h1-25,83H,26H2/t83-,87-,88+,89-,90+,91-/m1/s1. The van der Waals surface area contributed by atoms with Crippen molar-refractivity contribution in [3.63, 3.8) is 0 Å². The first-order valence-electron chi connectivity index (χ1n) is 33.9. The summed E-state index contributed by atoms with van der Waals surface area (Å²) in [5.74, 6) is 0.000546. The van der Waals surface area contributed by atoms with Crippen LogP contribution in [0.3, 0.4) is 0 Å². The van der Waals surface area contributed by atoms with E-state index in [1.165, 1.54) is 27.8 Å². The van der Waals surface area contributed by atoms with E-state index in [1.807, 2.05) is 0 Å². The van der Waals surface area contributed by atoms with Crippen LogP contribution in [-0.4, -0.2) is 0 Å². The first kappa shape index (κ1) is 37.8. The van der Waals surface area contributed by atoms with Gasteiger partial charge in [0.2, 0.25) is 0 Å². The maximum absolute atomic E-state index is 2.68. The van der Waals surface area contributed by atoms with Gasteiger partial charge < -0.3 is 0 Å². The Balaban J connectivity index is 1.05. The summed E-state index contributed by atoms with van der Waals surface area (Å²) >= 11 is 0. The van der Waals surface area contributed by atoms with Crippen LogP contribution in [0.15, 0.2) is 174 Å². The molecule has 0 radical (unpaired) electrons. The fourth-order valence-electron chi connectivity index (χ4n) is 30.6. The fourth-order valence-corrected chi connectivity index (χ4v) is 30.6. The SMILES string of the molecule is c1ccc(C[C@@]23C4=C5C6=C7[C@@H]4[C@@]4(c8ccccc8)c8c2c2c9c3c3c%10c%11c(c%12c%13c%14c(c%15c%16c%17c(c4c4c8c8c2c2c%18c9c%10c9c%10c%11c%13c%11c%13c%14c%16c%14c%16c%17c4c4c8c2c2c(c%189)c(c%10%11)c(c%13%14)c2c%164)[C@]7%15c2ccccc2)[C@]6%12c2ccccc2)[C@]53c2ccccc2)cc1. The van der Waals surface area contributed by atoms with Gasteiger partial charge in [0.05, 0.1) is 21.7 Å². The Morgan fingerprint density at radius 3 is 0.791 bits per heavy atom. The Hall–Kier alpha value is -10.9. The quantitative estimate of drug-likeness (QED) is 0.146. The van der Waals surface area contributed by atoms with Crippen molar-refractivity contribution in [2.24, 2.45) is 5.92 Å². The summed E-state index contributed by atoms with van der Waals surface area (Å²) in [5, 5.41) is 65.5. The Bertz CT molecular complexity index is 8450. The lowest BCUT2D eigenvalue weighted by atomic mass is 9.40. The zero-order chi connectivity index (χ0) is 55.5. The number of allylic oxidation sites excluding steroid dienone is 4. The van der Waals surface area contributed by atoms with Gasteiger partial charge in [-0.2, -0.15) is 0 Å². The molecule has 0 heteroatoms. The highest BCUT2D eigenvalue weighted by Crippen LogP contribution is 2.93. The largest absolute Gasteiger partial charge is 0.0724 e. The molecule has 26 aromatic carbocycles. The second-order valence-corrected chi connectivity index (χ2v) is 31.9. The number of benzene rings is 20. The Morgan fingerprint density at radius 2 is 0.429 bits per heavy atom. The van der Waals surface area contributed by atoms with E-state index in [9.17, 15) is 0 Å². The van der Waals surface area contributed by atoms with Crippen molar-refractivity contribution in [2.75, 3.05) is 0 Å². The van der Waals surface area contributed by atoms with E-state index >= 15 is 0 Å². The number of hydrogen-bond donors (Lipinski definition) is 0. The summed E-state index contributed by atoms with van der Waals surface area (Å²) in [6.07, 6.45) is 0.938. The van der Waals surface area contributed by atoms with Gasteiger partial charge in [-0.05, 0) is 328 Å². The van der Waals surface area contributed by atoms with Crippen molar-refractivity contribution in [3.05, 3.63) is 257 Å². The second-order valence-electron chi connectivity index (χ2n) is 31.9. The van der Waals surface area contributed by atoms with Gasteiger partial charge in [-0.1, -0.05) is 152 Å².